The lowest BCUT2D eigenvalue weighted by Crippen LogP contribution is -2.39. The minimum absolute atomic E-state index is 0.0478. The number of rotatable bonds is 3. The molecule has 0 radical (unpaired) electrons. The molecule has 1 saturated heterocycles. The molecule has 0 aliphatic carbocycles. The fourth-order valence-electron chi connectivity index (χ4n) is 3.24. The molecule has 3 atom stereocenters. The molecule has 0 bridgehead atoms. The van der Waals surface area contributed by atoms with E-state index in [1.165, 1.54) is 25.1 Å². The summed E-state index contributed by atoms with van der Waals surface area (Å²) in [5.74, 6) is -1.61. The highest BCUT2D eigenvalue weighted by molar-refractivity contribution is 6.32. The van der Waals surface area contributed by atoms with Crippen LogP contribution in [-0.4, -0.2) is 17.1 Å². The zero-order valence-electron chi connectivity index (χ0n) is 14.0. The zero-order chi connectivity index (χ0) is 18.8. The molecule has 2 aromatic rings. The Morgan fingerprint density at radius 3 is 2.31 bits per heavy atom. The maximum Gasteiger partial charge on any atom is 0.217 e. The third kappa shape index (κ3) is 4.31. The van der Waals surface area contributed by atoms with Gasteiger partial charge in [0.1, 0.15) is 17.4 Å². The van der Waals surface area contributed by atoms with Gasteiger partial charge in [-0.05, 0) is 48.2 Å². The Balaban J connectivity index is 1.91. The molecule has 1 fully saturated rings. The predicted octanol–water partition coefficient (Wildman–Crippen LogP) is 4.42. The molecule has 2 aromatic carbocycles. The van der Waals surface area contributed by atoms with Gasteiger partial charge in [0.15, 0.2) is 0 Å². The number of aromatic hydroxyl groups is 1. The number of amides is 1. The highest BCUT2D eigenvalue weighted by Crippen LogP contribution is 2.40. The maximum atomic E-state index is 13.6. The molecule has 0 aromatic heterocycles. The number of ether oxygens (including phenoxy) is 1. The number of halogens is 3. The zero-order valence-corrected chi connectivity index (χ0v) is 14.8. The van der Waals surface area contributed by atoms with Crippen molar-refractivity contribution in [3.63, 3.8) is 0 Å². The van der Waals surface area contributed by atoms with Crippen molar-refractivity contribution in [2.24, 2.45) is 0 Å². The van der Waals surface area contributed by atoms with Crippen LogP contribution in [-0.2, 0) is 9.53 Å². The fraction of sp³-hybridized carbons (Fsp3) is 0.316. The second kappa shape index (κ2) is 7.60. The monoisotopic (exact) mass is 381 g/mol. The molecule has 0 unspecified atom stereocenters. The molecule has 1 amide bonds. The summed E-state index contributed by atoms with van der Waals surface area (Å²) in [7, 11) is 0. The summed E-state index contributed by atoms with van der Waals surface area (Å²) < 4.78 is 33.2. The first-order valence-electron chi connectivity index (χ1n) is 8.19. The van der Waals surface area contributed by atoms with Gasteiger partial charge in [0, 0.05) is 19.0 Å². The van der Waals surface area contributed by atoms with Gasteiger partial charge in [-0.15, -0.1) is 0 Å². The molecule has 138 valence electrons. The lowest BCUT2D eigenvalue weighted by molar-refractivity contribution is -0.122. The first-order valence-corrected chi connectivity index (χ1v) is 8.56. The van der Waals surface area contributed by atoms with Gasteiger partial charge in [-0.1, -0.05) is 17.7 Å². The van der Waals surface area contributed by atoms with E-state index < -0.39 is 23.8 Å². The van der Waals surface area contributed by atoms with Crippen LogP contribution in [0.5, 0.6) is 5.75 Å². The van der Waals surface area contributed by atoms with Crippen molar-refractivity contribution in [1.82, 2.24) is 5.32 Å². The van der Waals surface area contributed by atoms with Crippen LogP contribution in [0.2, 0.25) is 5.02 Å². The van der Waals surface area contributed by atoms with Crippen molar-refractivity contribution in [3.8, 4) is 5.75 Å². The quantitative estimate of drug-likeness (QED) is 0.827. The molecule has 0 spiro atoms. The van der Waals surface area contributed by atoms with E-state index in [2.05, 4.69) is 5.32 Å². The molecule has 1 heterocycles. The average molecular weight is 382 g/mol. The summed E-state index contributed by atoms with van der Waals surface area (Å²) in [4.78, 5) is 11.5. The van der Waals surface area contributed by atoms with E-state index in [-0.39, 0.29) is 22.7 Å². The third-order valence-corrected chi connectivity index (χ3v) is 4.64. The summed E-state index contributed by atoms with van der Waals surface area (Å²) in [6.07, 6.45) is -0.168. The number of hydrogen-bond donors (Lipinski definition) is 2. The second-order valence-electron chi connectivity index (χ2n) is 6.40. The Morgan fingerprint density at radius 2 is 1.73 bits per heavy atom. The van der Waals surface area contributed by atoms with Crippen LogP contribution >= 0.6 is 11.6 Å². The van der Waals surface area contributed by atoms with Crippen molar-refractivity contribution in [3.05, 3.63) is 64.2 Å². The summed E-state index contributed by atoms with van der Waals surface area (Å²) in [5, 5.41) is 12.6. The van der Waals surface area contributed by atoms with E-state index >= 15 is 0 Å². The Kier molecular flexibility index (Phi) is 5.44. The summed E-state index contributed by atoms with van der Waals surface area (Å²) in [6.45, 7) is 1.42. The average Bonchev–Trinajstić information content (AvgIpc) is 2.55. The Hall–Kier alpha value is -2.18. The lowest BCUT2D eigenvalue weighted by Gasteiger charge is -2.36. The molecule has 1 aliphatic heterocycles. The Bertz CT molecular complexity index is 810. The number of nitrogens with one attached hydrogen (secondary N) is 1. The molecule has 26 heavy (non-hydrogen) atoms. The summed E-state index contributed by atoms with van der Waals surface area (Å²) in [6, 6.07) is 7.74. The molecular formula is C19H18ClF2NO3. The number of phenolic OH excluding ortho intramolecular Hbond substituents is 1. The molecule has 4 nitrogen and oxygen atoms in total. The second-order valence-corrected chi connectivity index (χ2v) is 6.80. The standard InChI is InChI=1S/C19H18ClF2NO3/c1-10(24)23-15-8-18(11-2-3-17(25)16(20)6-11)26-19(9-15)12-4-13(21)7-14(22)5-12/h2-7,15,18-19,25H,8-9H2,1H3,(H,23,24)/t15-,18-,19+/m0/s1. The van der Waals surface area contributed by atoms with Gasteiger partial charge >= 0.3 is 0 Å². The van der Waals surface area contributed by atoms with Crippen LogP contribution in [0.15, 0.2) is 36.4 Å². The van der Waals surface area contributed by atoms with E-state index in [9.17, 15) is 18.7 Å². The molecule has 0 saturated carbocycles. The normalized spacial score (nSPS) is 22.8. The predicted molar refractivity (Wildman–Crippen MR) is 92.9 cm³/mol. The van der Waals surface area contributed by atoms with E-state index in [0.717, 1.165) is 6.07 Å². The van der Waals surface area contributed by atoms with Gasteiger partial charge in [0.25, 0.3) is 0 Å². The highest BCUT2D eigenvalue weighted by Gasteiger charge is 2.32. The van der Waals surface area contributed by atoms with E-state index in [1.807, 2.05) is 0 Å². The first kappa shape index (κ1) is 18.6. The Labute approximate surface area is 154 Å². The third-order valence-electron chi connectivity index (χ3n) is 4.33. The summed E-state index contributed by atoms with van der Waals surface area (Å²) in [5.41, 5.74) is 1.08. The van der Waals surface area contributed by atoms with Crippen molar-refractivity contribution < 1.29 is 23.4 Å². The van der Waals surface area contributed by atoms with Crippen LogP contribution in [0.4, 0.5) is 8.78 Å². The van der Waals surface area contributed by atoms with E-state index in [0.29, 0.717) is 24.0 Å². The number of carbonyl (C=O) groups excluding carboxylic acids is 1. The molecule has 2 N–H and O–H groups in total. The SMILES string of the molecule is CC(=O)N[C@H]1C[C@@H](c2ccc(O)c(Cl)c2)O[C@@H](c2cc(F)cc(F)c2)C1. The number of hydrogen-bond acceptors (Lipinski definition) is 3. The van der Waals surface area contributed by atoms with Crippen molar-refractivity contribution in [1.29, 1.82) is 0 Å². The van der Waals surface area contributed by atoms with Crippen LogP contribution in [0, 0.1) is 11.6 Å². The maximum absolute atomic E-state index is 13.6. The van der Waals surface area contributed by atoms with Gasteiger partial charge in [-0.2, -0.15) is 0 Å². The van der Waals surface area contributed by atoms with Crippen molar-refractivity contribution in [2.75, 3.05) is 0 Å². The van der Waals surface area contributed by atoms with Crippen LogP contribution in [0.3, 0.4) is 0 Å². The molecule has 3 rings (SSSR count). The topological polar surface area (TPSA) is 58.6 Å². The van der Waals surface area contributed by atoms with E-state index in [4.69, 9.17) is 16.3 Å². The number of phenols is 1. The lowest BCUT2D eigenvalue weighted by atomic mass is 9.91. The fourth-order valence-corrected chi connectivity index (χ4v) is 3.43. The Morgan fingerprint density at radius 1 is 1.12 bits per heavy atom. The van der Waals surface area contributed by atoms with Gasteiger partial charge in [-0.25, -0.2) is 8.78 Å². The van der Waals surface area contributed by atoms with Crippen LogP contribution in [0.1, 0.15) is 43.1 Å². The van der Waals surface area contributed by atoms with Gasteiger partial charge < -0.3 is 15.2 Å². The highest BCUT2D eigenvalue weighted by atomic mass is 35.5. The van der Waals surface area contributed by atoms with Crippen molar-refractivity contribution >= 4 is 17.5 Å². The first-order chi connectivity index (χ1) is 12.3. The minimum Gasteiger partial charge on any atom is -0.506 e. The van der Waals surface area contributed by atoms with E-state index in [1.54, 1.807) is 12.1 Å². The molecule has 1 aliphatic rings. The molecule has 7 heteroatoms. The van der Waals surface area contributed by atoms with Crippen molar-refractivity contribution in [2.45, 2.75) is 38.0 Å². The molecular weight excluding hydrogens is 364 g/mol. The minimum atomic E-state index is -0.686. The largest absolute Gasteiger partial charge is 0.506 e. The van der Waals surface area contributed by atoms with Gasteiger partial charge in [-0.3, -0.25) is 4.79 Å². The van der Waals surface area contributed by atoms with Gasteiger partial charge in [0.2, 0.25) is 5.91 Å². The number of benzene rings is 2. The summed E-state index contributed by atoms with van der Waals surface area (Å²) >= 11 is 5.97. The van der Waals surface area contributed by atoms with Crippen LogP contribution in [0.25, 0.3) is 0 Å². The van der Waals surface area contributed by atoms with Gasteiger partial charge in [0.05, 0.1) is 17.2 Å². The van der Waals surface area contributed by atoms with Crippen LogP contribution < -0.4 is 5.32 Å². The smallest absolute Gasteiger partial charge is 0.217 e. The number of carbonyl (C=O) groups is 1.